The molecular formula is C13H19NO3S. The van der Waals surface area contributed by atoms with Gasteiger partial charge in [0, 0.05) is 6.54 Å². The summed E-state index contributed by atoms with van der Waals surface area (Å²) in [5.41, 5.74) is 2.50. The fourth-order valence-electron chi connectivity index (χ4n) is 2.40. The van der Waals surface area contributed by atoms with Gasteiger partial charge in [-0.15, -0.1) is 0 Å². The third-order valence-corrected chi connectivity index (χ3v) is 3.75. The van der Waals surface area contributed by atoms with Crippen LogP contribution >= 0.6 is 0 Å². The molecule has 1 atom stereocenters. The summed E-state index contributed by atoms with van der Waals surface area (Å²) in [6, 6.07) is 5.59. The van der Waals surface area contributed by atoms with E-state index in [1.54, 1.807) is 6.07 Å². The van der Waals surface area contributed by atoms with Crippen LogP contribution in [-0.4, -0.2) is 27.8 Å². The fourth-order valence-corrected chi connectivity index (χ4v) is 2.85. The summed E-state index contributed by atoms with van der Waals surface area (Å²) >= 11 is 0. The normalized spacial score (nSPS) is 20.0. The molecule has 5 heteroatoms. The van der Waals surface area contributed by atoms with E-state index in [-0.39, 0.29) is 0 Å². The lowest BCUT2D eigenvalue weighted by atomic mass is 9.92. The van der Waals surface area contributed by atoms with Crippen LogP contribution in [0.5, 0.6) is 5.75 Å². The largest absolute Gasteiger partial charge is 0.383 e. The van der Waals surface area contributed by atoms with Gasteiger partial charge in [0.1, 0.15) is 5.75 Å². The molecule has 1 N–H and O–H groups in total. The van der Waals surface area contributed by atoms with E-state index in [0.717, 1.165) is 32.2 Å². The molecule has 1 heterocycles. The van der Waals surface area contributed by atoms with Gasteiger partial charge in [0.05, 0.1) is 6.26 Å². The predicted molar refractivity (Wildman–Crippen MR) is 71.5 cm³/mol. The summed E-state index contributed by atoms with van der Waals surface area (Å²) < 4.78 is 27.2. The molecule has 4 nitrogen and oxygen atoms in total. The van der Waals surface area contributed by atoms with Crippen LogP contribution in [0, 0.1) is 0 Å². The van der Waals surface area contributed by atoms with Gasteiger partial charge in [-0.25, -0.2) is 0 Å². The van der Waals surface area contributed by atoms with Gasteiger partial charge in [-0.1, -0.05) is 13.0 Å². The zero-order valence-electron chi connectivity index (χ0n) is 10.8. The average molecular weight is 269 g/mol. The van der Waals surface area contributed by atoms with Crippen molar-refractivity contribution in [3.8, 4) is 5.75 Å². The Morgan fingerprint density at radius 3 is 2.89 bits per heavy atom. The van der Waals surface area contributed by atoms with Crippen molar-refractivity contribution < 1.29 is 12.6 Å². The van der Waals surface area contributed by atoms with Crippen molar-refractivity contribution in [1.82, 2.24) is 5.32 Å². The monoisotopic (exact) mass is 269 g/mol. The molecular weight excluding hydrogens is 250 g/mol. The predicted octanol–water partition coefficient (Wildman–Crippen LogP) is 1.66. The maximum atomic E-state index is 11.1. The second kappa shape index (κ2) is 5.28. The summed E-state index contributed by atoms with van der Waals surface area (Å²) in [5, 5.41) is 3.40. The highest BCUT2D eigenvalue weighted by Crippen LogP contribution is 2.28. The topological polar surface area (TPSA) is 55.4 Å². The summed E-state index contributed by atoms with van der Waals surface area (Å²) in [6.07, 6.45) is 3.05. The van der Waals surface area contributed by atoms with E-state index in [9.17, 15) is 8.42 Å². The van der Waals surface area contributed by atoms with Crippen molar-refractivity contribution in [2.24, 2.45) is 0 Å². The smallest absolute Gasteiger partial charge is 0.306 e. The number of hydrogen-bond donors (Lipinski definition) is 1. The Morgan fingerprint density at radius 1 is 1.44 bits per heavy atom. The Balaban J connectivity index is 2.33. The number of fused-ring (bicyclic) bond motifs is 1. The molecule has 1 aromatic rings. The summed E-state index contributed by atoms with van der Waals surface area (Å²) in [6.45, 7) is 4.07. The van der Waals surface area contributed by atoms with Crippen LogP contribution in [0.2, 0.25) is 0 Å². The highest BCUT2D eigenvalue weighted by Gasteiger charge is 2.18. The van der Waals surface area contributed by atoms with Crippen molar-refractivity contribution in [2.75, 3.05) is 19.3 Å². The van der Waals surface area contributed by atoms with E-state index < -0.39 is 10.1 Å². The molecule has 0 bridgehead atoms. The molecule has 1 aliphatic heterocycles. The van der Waals surface area contributed by atoms with Gasteiger partial charge in [0.2, 0.25) is 0 Å². The van der Waals surface area contributed by atoms with E-state index in [2.05, 4.69) is 12.2 Å². The van der Waals surface area contributed by atoms with Gasteiger partial charge in [0.25, 0.3) is 0 Å². The molecule has 2 rings (SSSR count). The third-order valence-electron chi connectivity index (χ3n) is 3.26. The van der Waals surface area contributed by atoms with Crippen molar-refractivity contribution in [3.05, 3.63) is 29.3 Å². The first-order chi connectivity index (χ1) is 8.49. The Bertz CT molecular complexity index is 525. The molecule has 0 amide bonds. The highest BCUT2D eigenvalue weighted by atomic mass is 32.2. The quantitative estimate of drug-likeness (QED) is 0.848. The van der Waals surface area contributed by atoms with E-state index in [4.69, 9.17) is 4.18 Å². The molecule has 0 spiro atoms. The van der Waals surface area contributed by atoms with Gasteiger partial charge in [-0.05, 0) is 48.6 Å². The van der Waals surface area contributed by atoms with Crippen molar-refractivity contribution in [1.29, 1.82) is 0 Å². The molecule has 0 saturated carbocycles. The zero-order valence-corrected chi connectivity index (χ0v) is 11.6. The van der Waals surface area contributed by atoms with E-state index >= 15 is 0 Å². The lowest BCUT2D eigenvalue weighted by Crippen LogP contribution is -2.19. The first-order valence-corrected chi connectivity index (χ1v) is 8.04. The van der Waals surface area contributed by atoms with Crippen LogP contribution in [-0.2, 0) is 16.5 Å². The van der Waals surface area contributed by atoms with Gasteiger partial charge in [-0.3, -0.25) is 0 Å². The highest BCUT2D eigenvalue weighted by molar-refractivity contribution is 7.86. The first kappa shape index (κ1) is 13.4. The summed E-state index contributed by atoms with van der Waals surface area (Å²) in [5.74, 6) is 0.905. The standard InChI is InChI=1S/C13H19NO3S/c1-3-10-9-14-7-6-11-8-12(4-5-13(10)11)17-18(2,15)16/h4-5,8,10,14H,3,6-7,9H2,1-2H3. The van der Waals surface area contributed by atoms with E-state index in [1.807, 2.05) is 12.1 Å². The molecule has 18 heavy (non-hydrogen) atoms. The lowest BCUT2D eigenvalue weighted by Gasteiger charge is -2.16. The second-order valence-electron chi connectivity index (χ2n) is 4.71. The number of rotatable bonds is 3. The van der Waals surface area contributed by atoms with Crippen LogP contribution < -0.4 is 9.50 Å². The van der Waals surface area contributed by atoms with Gasteiger partial charge < -0.3 is 9.50 Å². The zero-order chi connectivity index (χ0) is 13.2. The Labute approximate surface area is 108 Å². The van der Waals surface area contributed by atoms with Gasteiger partial charge >= 0.3 is 10.1 Å². The van der Waals surface area contributed by atoms with Gasteiger partial charge in [-0.2, -0.15) is 8.42 Å². The molecule has 0 saturated heterocycles. The SMILES string of the molecule is CCC1CNCCc2cc(OS(C)(=O)=O)ccc21. The van der Waals surface area contributed by atoms with Crippen LogP contribution in [0.4, 0.5) is 0 Å². The summed E-state index contributed by atoms with van der Waals surface area (Å²) in [7, 11) is -3.45. The minimum absolute atomic E-state index is 0.410. The van der Waals surface area contributed by atoms with Crippen molar-refractivity contribution in [2.45, 2.75) is 25.7 Å². The molecule has 100 valence electrons. The van der Waals surface area contributed by atoms with Crippen molar-refractivity contribution in [3.63, 3.8) is 0 Å². The molecule has 0 aliphatic carbocycles. The average Bonchev–Trinajstić information content (AvgIpc) is 2.48. The van der Waals surface area contributed by atoms with Crippen LogP contribution in [0.25, 0.3) is 0 Å². The Morgan fingerprint density at radius 2 is 2.22 bits per heavy atom. The Kier molecular flexibility index (Phi) is 3.92. The first-order valence-electron chi connectivity index (χ1n) is 6.22. The molecule has 1 aromatic carbocycles. The van der Waals surface area contributed by atoms with Crippen molar-refractivity contribution >= 4 is 10.1 Å². The number of nitrogens with one attached hydrogen (secondary N) is 1. The van der Waals surface area contributed by atoms with Crippen LogP contribution in [0.15, 0.2) is 18.2 Å². The van der Waals surface area contributed by atoms with E-state index in [1.165, 1.54) is 11.1 Å². The number of hydrogen-bond acceptors (Lipinski definition) is 4. The maximum absolute atomic E-state index is 11.1. The number of benzene rings is 1. The fraction of sp³-hybridized carbons (Fsp3) is 0.538. The molecule has 0 radical (unpaired) electrons. The summed E-state index contributed by atoms with van der Waals surface area (Å²) in [4.78, 5) is 0. The minimum Gasteiger partial charge on any atom is -0.383 e. The molecule has 0 fully saturated rings. The lowest BCUT2D eigenvalue weighted by molar-refractivity contribution is 0.492. The maximum Gasteiger partial charge on any atom is 0.306 e. The third kappa shape index (κ3) is 3.23. The second-order valence-corrected chi connectivity index (χ2v) is 6.28. The van der Waals surface area contributed by atoms with E-state index in [0.29, 0.717) is 11.7 Å². The molecule has 1 aliphatic rings. The minimum atomic E-state index is -3.45. The van der Waals surface area contributed by atoms with Gasteiger partial charge in [0.15, 0.2) is 0 Å². The molecule has 1 unspecified atom stereocenters. The molecule has 0 aromatic heterocycles. The Hall–Kier alpha value is -1.07. The van der Waals surface area contributed by atoms with Crippen LogP contribution in [0.3, 0.4) is 0 Å². The van der Waals surface area contributed by atoms with Crippen LogP contribution in [0.1, 0.15) is 30.4 Å².